The molecule has 2 N–H and O–H groups in total. The first kappa shape index (κ1) is 22.1. The number of hydrogen-bond donors (Lipinski definition) is 2. The van der Waals surface area contributed by atoms with Crippen LogP contribution in [0.15, 0.2) is 24.3 Å². The SMILES string of the molecule is CC(C)(CCOCc1ccc(COCCC(C)(C)C(=O)O)cc1)C(=O)O. The van der Waals surface area contributed by atoms with Crippen LogP contribution in [0.3, 0.4) is 0 Å². The second kappa shape index (κ2) is 9.69. The van der Waals surface area contributed by atoms with E-state index >= 15 is 0 Å². The molecule has 0 spiro atoms. The highest BCUT2D eigenvalue weighted by Crippen LogP contribution is 2.21. The third-order valence-electron chi connectivity index (χ3n) is 4.46. The third-order valence-corrected chi connectivity index (χ3v) is 4.46. The summed E-state index contributed by atoms with van der Waals surface area (Å²) in [5, 5.41) is 18.1. The number of rotatable bonds is 12. The topological polar surface area (TPSA) is 93.1 Å². The van der Waals surface area contributed by atoms with E-state index in [0.717, 1.165) is 11.1 Å². The number of ether oxygens (including phenoxy) is 2. The van der Waals surface area contributed by atoms with Crippen molar-refractivity contribution in [1.82, 2.24) is 0 Å². The Balaban J connectivity index is 2.29. The molecular formula is C20H30O6. The number of carboxylic acids is 2. The highest BCUT2D eigenvalue weighted by Gasteiger charge is 2.27. The van der Waals surface area contributed by atoms with Crippen LogP contribution < -0.4 is 0 Å². The highest BCUT2D eigenvalue weighted by atomic mass is 16.5. The standard InChI is InChI=1S/C20H30O6/c1-19(2,17(21)22)9-11-25-13-15-5-7-16(8-6-15)14-26-12-10-20(3,4)18(23)24/h5-8H,9-14H2,1-4H3,(H,21,22)(H,23,24). The van der Waals surface area contributed by atoms with E-state index in [9.17, 15) is 9.59 Å². The monoisotopic (exact) mass is 366 g/mol. The number of benzene rings is 1. The van der Waals surface area contributed by atoms with Crippen molar-refractivity contribution in [2.75, 3.05) is 13.2 Å². The van der Waals surface area contributed by atoms with Crippen molar-refractivity contribution in [1.29, 1.82) is 0 Å². The minimum atomic E-state index is -0.822. The molecule has 0 atom stereocenters. The van der Waals surface area contributed by atoms with Gasteiger partial charge in [0.05, 0.1) is 24.0 Å². The van der Waals surface area contributed by atoms with E-state index in [-0.39, 0.29) is 0 Å². The van der Waals surface area contributed by atoms with Crippen molar-refractivity contribution in [2.24, 2.45) is 10.8 Å². The number of carbonyl (C=O) groups is 2. The minimum Gasteiger partial charge on any atom is -0.481 e. The minimum absolute atomic E-state index is 0.392. The third kappa shape index (κ3) is 7.54. The number of hydrogen-bond acceptors (Lipinski definition) is 4. The highest BCUT2D eigenvalue weighted by molar-refractivity contribution is 5.73. The Morgan fingerprint density at radius 1 is 0.769 bits per heavy atom. The molecule has 0 aliphatic carbocycles. The number of aliphatic carboxylic acids is 2. The van der Waals surface area contributed by atoms with Gasteiger partial charge in [-0.3, -0.25) is 9.59 Å². The molecule has 146 valence electrons. The molecule has 0 fully saturated rings. The van der Waals surface area contributed by atoms with Crippen LogP contribution in [-0.4, -0.2) is 35.4 Å². The van der Waals surface area contributed by atoms with Crippen molar-refractivity contribution in [3.8, 4) is 0 Å². The lowest BCUT2D eigenvalue weighted by atomic mass is 9.90. The Morgan fingerprint density at radius 2 is 1.08 bits per heavy atom. The largest absolute Gasteiger partial charge is 0.481 e. The van der Waals surface area contributed by atoms with Crippen molar-refractivity contribution >= 4 is 11.9 Å². The van der Waals surface area contributed by atoms with Crippen LogP contribution in [0.4, 0.5) is 0 Å². The first-order valence-electron chi connectivity index (χ1n) is 8.75. The molecule has 0 amide bonds. The average molecular weight is 366 g/mol. The van der Waals surface area contributed by atoms with E-state index in [4.69, 9.17) is 19.7 Å². The van der Waals surface area contributed by atoms with Crippen molar-refractivity contribution in [2.45, 2.75) is 53.8 Å². The van der Waals surface area contributed by atoms with Crippen molar-refractivity contribution in [3.05, 3.63) is 35.4 Å². The molecule has 0 aromatic heterocycles. The molecule has 0 unspecified atom stereocenters. The van der Waals surface area contributed by atoms with Crippen LogP contribution in [0, 0.1) is 10.8 Å². The second-order valence-corrected chi connectivity index (χ2v) is 7.80. The predicted molar refractivity (Wildman–Crippen MR) is 97.8 cm³/mol. The summed E-state index contributed by atoms with van der Waals surface area (Å²) < 4.78 is 11.1. The molecule has 0 saturated heterocycles. The maximum atomic E-state index is 11.0. The summed E-state index contributed by atoms with van der Waals surface area (Å²) >= 11 is 0. The molecule has 0 radical (unpaired) electrons. The molecule has 0 aliphatic heterocycles. The van der Waals surface area contributed by atoms with E-state index in [1.165, 1.54) is 0 Å². The van der Waals surface area contributed by atoms with Gasteiger partial charge < -0.3 is 19.7 Å². The zero-order chi connectivity index (χ0) is 19.8. The van der Waals surface area contributed by atoms with Crippen LogP contribution in [-0.2, 0) is 32.3 Å². The summed E-state index contributed by atoms with van der Waals surface area (Å²) in [6.45, 7) is 8.40. The molecule has 0 aliphatic rings. The lowest BCUT2D eigenvalue weighted by molar-refractivity contribution is -0.148. The molecule has 0 heterocycles. The van der Waals surface area contributed by atoms with E-state index in [1.54, 1.807) is 27.7 Å². The lowest BCUT2D eigenvalue weighted by Crippen LogP contribution is -2.25. The maximum Gasteiger partial charge on any atom is 0.309 e. The summed E-state index contributed by atoms with van der Waals surface area (Å²) in [6, 6.07) is 7.79. The van der Waals surface area contributed by atoms with Crippen LogP contribution in [0.5, 0.6) is 0 Å². The fourth-order valence-electron chi connectivity index (χ4n) is 1.98. The Morgan fingerprint density at radius 3 is 1.35 bits per heavy atom. The smallest absolute Gasteiger partial charge is 0.309 e. The Labute approximate surface area is 155 Å². The Bertz CT molecular complexity index is 536. The number of carboxylic acid groups (broad SMARTS) is 2. The quantitative estimate of drug-likeness (QED) is 0.548. The fraction of sp³-hybridized carbons (Fsp3) is 0.600. The summed E-state index contributed by atoms with van der Waals surface area (Å²) in [6.07, 6.45) is 0.919. The Kier molecular flexibility index (Phi) is 8.24. The summed E-state index contributed by atoms with van der Waals surface area (Å²) in [7, 11) is 0. The van der Waals surface area contributed by atoms with E-state index in [2.05, 4.69) is 0 Å². The van der Waals surface area contributed by atoms with Gasteiger partial charge in [-0.2, -0.15) is 0 Å². The predicted octanol–water partition coefficient (Wildman–Crippen LogP) is 3.72. The lowest BCUT2D eigenvalue weighted by Gasteiger charge is -2.18. The van der Waals surface area contributed by atoms with E-state index in [0.29, 0.717) is 39.3 Å². The maximum absolute atomic E-state index is 11.0. The zero-order valence-electron chi connectivity index (χ0n) is 16.1. The van der Waals surface area contributed by atoms with Crippen LogP contribution >= 0.6 is 0 Å². The van der Waals surface area contributed by atoms with Crippen LogP contribution in [0.2, 0.25) is 0 Å². The summed E-state index contributed by atoms with van der Waals surface area (Å²) in [5.41, 5.74) is 0.454. The molecular weight excluding hydrogens is 336 g/mol. The van der Waals surface area contributed by atoms with Gasteiger partial charge in [0.1, 0.15) is 0 Å². The van der Waals surface area contributed by atoms with Gasteiger partial charge >= 0.3 is 11.9 Å². The average Bonchev–Trinajstić information content (AvgIpc) is 2.56. The molecule has 0 bridgehead atoms. The van der Waals surface area contributed by atoms with Gasteiger partial charge in [-0.15, -0.1) is 0 Å². The van der Waals surface area contributed by atoms with Gasteiger partial charge in [0.25, 0.3) is 0 Å². The van der Waals surface area contributed by atoms with Gasteiger partial charge in [-0.25, -0.2) is 0 Å². The molecule has 1 rings (SSSR count). The van der Waals surface area contributed by atoms with Gasteiger partial charge in [0.15, 0.2) is 0 Å². The zero-order valence-corrected chi connectivity index (χ0v) is 16.1. The molecule has 26 heavy (non-hydrogen) atoms. The fourth-order valence-corrected chi connectivity index (χ4v) is 1.98. The van der Waals surface area contributed by atoms with Crippen LogP contribution in [0.25, 0.3) is 0 Å². The molecule has 1 aromatic rings. The van der Waals surface area contributed by atoms with Gasteiger partial charge in [-0.1, -0.05) is 24.3 Å². The van der Waals surface area contributed by atoms with Crippen molar-refractivity contribution < 1.29 is 29.3 Å². The normalized spacial score (nSPS) is 12.2. The van der Waals surface area contributed by atoms with Crippen molar-refractivity contribution in [3.63, 3.8) is 0 Å². The summed E-state index contributed by atoms with van der Waals surface area (Å²) in [5.74, 6) is -1.64. The molecule has 6 heteroatoms. The molecule has 6 nitrogen and oxygen atoms in total. The van der Waals surface area contributed by atoms with E-state index in [1.807, 2.05) is 24.3 Å². The summed E-state index contributed by atoms with van der Waals surface area (Å²) in [4.78, 5) is 22.0. The first-order valence-corrected chi connectivity index (χ1v) is 8.75. The first-order chi connectivity index (χ1) is 12.0. The van der Waals surface area contributed by atoms with Gasteiger partial charge in [0, 0.05) is 13.2 Å². The van der Waals surface area contributed by atoms with Gasteiger partial charge in [0.2, 0.25) is 0 Å². The van der Waals surface area contributed by atoms with E-state index < -0.39 is 22.8 Å². The Hall–Kier alpha value is -1.92. The molecule has 1 aromatic carbocycles. The van der Waals surface area contributed by atoms with Crippen LogP contribution in [0.1, 0.15) is 51.7 Å². The molecule has 0 saturated carbocycles. The second-order valence-electron chi connectivity index (χ2n) is 7.80. The van der Waals surface area contributed by atoms with Gasteiger partial charge in [-0.05, 0) is 51.7 Å².